The first-order chi connectivity index (χ1) is 9.91. The van der Waals surface area contributed by atoms with E-state index < -0.39 is 28.1 Å². The third-order valence-electron chi connectivity index (χ3n) is 4.60. The van der Waals surface area contributed by atoms with Crippen LogP contribution in [0.3, 0.4) is 0 Å². The molecule has 0 atom stereocenters. The van der Waals surface area contributed by atoms with Gasteiger partial charge in [0.05, 0.1) is 0 Å². The van der Waals surface area contributed by atoms with E-state index in [1.807, 2.05) is 0 Å². The van der Waals surface area contributed by atoms with E-state index in [0.29, 0.717) is 15.9 Å². The molecule has 8 heteroatoms. The van der Waals surface area contributed by atoms with Gasteiger partial charge in [-0.25, -0.2) is 0 Å². The quantitative estimate of drug-likeness (QED) is 0.597. The summed E-state index contributed by atoms with van der Waals surface area (Å²) in [6, 6.07) is 8.36. The van der Waals surface area contributed by atoms with Crippen LogP contribution >= 0.6 is 6.83 Å². The van der Waals surface area contributed by atoms with E-state index in [1.54, 1.807) is 58.0 Å². The summed E-state index contributed by atoms with van der Waals surface area (Å²) in [6.07, 6.45) is 0. The Kier molecular flexibility index (Phi) is 3.80. The van der Waals surface area contributed by atoms with Crippen LogP contribution in [0.15, 0.2) is 41.0 Å². The summed E-state index contributed by atoms with van der Waals surface area (Å²) in [5.41, 5.74) is -5.84. The summed E-state index contributed by atoms with van der Waals surface area (Å²) >= 11 is 0. The zero-order chi connectivity index (χ0) is 17.0. The van der Waals surface area contributed by atoms with Gasteiger partial charge in [0.1, 0.15) is 0 Å². The summed E-state index contributed by atoms with van der Waals surface area (Å²) in [5.74, 6) is 0. The molecule has 0 saturated heterocycles. The number of hydrogen-bond donors (Lipinski definition) is 0. The molecule has 0 bridgehead atoms. The van der Waals surface area contributed by atoms with Crippen molar-refractivity contribution < 1.29 is 25.6 Å². The normalized spacial score (nSPS) is 22.3. The second-order valence-electron chi connectivity index (χ2n) is 5.68. The van der Waals surface area contributed by atoms with Gasteiger partial charge in [-0.1, -0.05) is 0 Å². The second-order valence-corrected chi connectivity index (χ2v) is 12.7. The molecular formula is C14H18F3O3PS. The molecule has 0 saturated carbocycles. The van der Waals surface area contributed by atoms with Crippen LogP contribution in [0, 0.1) is 0 Å². The van der Waals surface area contributed by atoms with Crippen molar-refractivity contribution in [3.8, 4) is 0 Å². The van der Waals surface area contributed by atoms with Crippen LogP contribution in [-0.2, 0) is 14.1 Å². The summed E-state index contributed by atoms with van der Waals surface area (Å²) in [7, 11) is -5.69. The Labute approximate surface area is 128 Å². The van der Waals surface area contributed by atoms with Gasteiger partial charge in [-0.15, -0.1) is 0 Å². The van der Waals surface area contributed by atoms with Gasteiger partial charge < -0.3 is 0 Å². The molecule has 1 aromatic rings. The Morgan fingerprint density at radius 1 is 1.05 bits per heavy atom. The van der Waals surface area contributed by atoms with Crippen molar-refractivity contribution in [1.29, 1.82) is 0 Å². The van der Waals surface area contributed by atoms with Crippen molar-refractivity contribution in [3.63, 3.8) is 0 Å². The van der Waals surface area contributed by atoms with E-state index in [-0.39, 0.29) is 0 Å². The van der Waals surface area contributed by atoms with Crippen molar-refractivity contribution in [2.45, 2.75) is 38.9 Å². The van der Waals surface area contributed by atoms with E-state index in [1.165, 1.54) is 0 Å². The first kappa shape index (κ1) is 17.4. The van der Waals surface area contributed by atoms with E-state index >= 15 is 0 Å². The van der Waals surface area contributed by atoms with Crippen LogP contribution in [0.5, 0.6) is 0 Å². The molecule has 2 rings (SSSR count). The average Bonchev–Trinajstić information content (AvgIpc) is 2.89. The van der Waals surface area contributed by atoms with Crippen LogP contribution in [0.2, 0.25) is 0 Å². The molecular weight excluding hydrogens is 336 g/mol. The molecule has 22 heavy (non-hydrogen) atoms. The third kappa shape index (κ3) is 1.92. The fourth-order valence-corrected chi connectivity index (χ4v) is 12.6. The number of hydrogen-bond acceptors (Lipinski definition) is 3. The number of halogens is 3. The summed E-state index contributed by atoms with van der Waals surface area (Å²) < 4.78 is 67.2. The van der Waals surface area contributed by atoms with Crippen molar-refractivity contribution in [2.24, 2.45) is 0 Å². The Hall–Kier alpha value is -0.910. The van der Waals surface area contributed by atoms with Gasteiger partial charge in [0.2, 0.25) is 0 Å². The van der Waals surface area contributed by atoms with Crippen LogP contribution < -0.4 is 5.30 Å². The van der Waals surface area contributed by atoms with Gasteiger partial charge >= 0.3 is 128 Å². The fourth-order valence-electron chi connectivity index (χ4n) is 3.30. The maximum absolute atomic E-state index is 12.9. The van der Waals surface area contributed by atoms with Crippen LogP contribution in [0.1, 0.15) is 27.7 Å². The molecule has 3 nitrogen and oxygen atoms in total. The van der Waals surface area contributed by atoms with E-state index in [2.05, 4.69) is 0 Å². The molecule has 0 spiro atoms. The van der Waals surface area contributed by atoms with Gasteiger partial charge in [0.15, 0.2) is 0 Å². The van der Waals surface area contributed by atoms with E-state index in [4.69, 9.17) is 3.97 Å². The third-order valence-corrected chi connectivity index (χ3v) is 13.6. The standard InChI is InChI=1S/C14H18F3O3PS/c1-10(2)21(11(3)12(21)4,13-8-6-5-7-9-13)20-22(18,19)14(15,16)17/h5-10H,1-4H3. The molecule has 0 radical (unpaired) electrons. The van der Waals surface area contributed by atoms with Crippen molar-refractivity contribution in [2.75, 3.05) is 0 Å². The second kappa shape index (κ2) is 4.79. The fraction of sp³-hybridized carbons (Fsp3) is 0.429. The Morgan fingerprint density at radius 3 is 1.82 bits per heavy atom. The van der Waals surface area contributed by atoms with Crippen LogP contribution in [0.25, 0.3) is 0 Å². The molecule has 1 aromatic carbocycles. The van der Waals surface area contributed by atoms with Gasteiger partial charge in [-0.2, -0.15) is 0 Å². The van der Waals surface area contributed by atoms with Crippen molar-refractivity contribution in [1.82, 2.24) is 0 Å². The van der Waals surface area contributed by atoms with Gasteiger partial charge in [-0.3, -0.25) is 0 Å². The first-order valence-electron chi connectivity index (χ1n) is 6.70. The number of alkyl halides is 3. The zero-order valence-electron chi connectivity index (χ0n) is 12.7. The summed E-state index contributed by atoms with van der Waals surface area (Å²) in [5, 5.41) is 1.77. The van der Waals surface area contributed by atoms with Crippen molar-refractivity contribution >= 4 is 22.3 Å². The topological polar surface area (TPSA) is 43.4 Å². The molecule has 1 heterocycles. The molecule has 0 N–H and O–H groups in total. The Balaban J connectivity index is 2.71. The minimum absolute atomic E-state index is 0.398. The van der Waals surface area contributed by atoms with Crippen LogP contribution in [0.4, 0.5) is 13.2 Å². The zero-order valence-corrected chi connectivity index (χ0v) is 14.4. The van der Waals surface area contributed by atoms with Crippen molar-refractivity contribution in [3.05, 3.63) is 41.0 Å². The number of benzene rings is 1. The van der Waals surface area contributed by atoms with Gasteiger partial charge in [0.25, 0.3) is 0 Å². The van der Waals surface area contributed by atoms with Gasteiger partial charge in [-0.05, 0) is 0 Å². The molecule has 0 unspecified atom stereocenters. The molecule has 1 aliphatic rings. The molecule has 0 amide bonds. The minimum atomic E-state index is -5.69. The van der Waals surface area contributed by atoms with Gasteiger partial charge in [0, 0.05) is 0 Å². The number of rotatable bonds is 4. The molecule has 0 fully saturated rings. The predicted molar refractivity (Wildman–Crippen MR) is 82.6 cm³/mol. The summed E-state index contributed by atoms with van der Waals surface area (Å²) in [4.78, 5) is 0. The Morgan fingerprint density at radius 2 is 1.50 bits per heavy atom. The summed E-state index contributed by atoms with van der Waals surface area (Å²) in [6.45, 7) is 2.85. The molecule has 0 aromatic heterocycles. The molecule has 1 aliphatic heterocycles. The average molecular weight is 354 g/mol. The predicted octanol–water partition coefficient (Wildman–Crippen LogP) is 4.32. The monoisotopic (exact) mass is 354 g/mol. The SMILES string of the molecule is CC1=C(C)P1(OS(=O)(=O)C(F)(F)F)(c1ccccc1)C(C)C. The number of allylic oxidation sites excluding steroid dienone is 2. The van der Waals surface area contributed by atoms with Crippen LogP contribution in [-0.4, -0.2) is 19.6 Å². The Bertz CT molecular complexity index is 724. The molecule has 124 valence electrons. The maximum atomic E-state index is 12.9. The first-order valence-corrected chi connectivity index (χ1v) is 10.3. The molecule has 0 aliphatic carbocycles. The van der Waals surface area contributed by atoms with E-state index in [9.17, 15) is 21.6 Å². The van der Waals surface area contributed by atoms with E-state index in [0.717, 1.165) is 0 Å².